The standard InChI is InChI=1S/C26H31N3O11S/c30-23(31,25(34)38-26(35,40-39-25)24(32,33)37-21-11-5-6-16-36-21)29-14-12-28(13-15-29)22-17-7-1-3-9-19(17)41-20-10-4-2-8-18(20)27-22/h1-4,7-10,21,30-35H,5-6,11-16H2. The van der Waals surface area contributed by atoms with Gasteiger partial charge in [0, 0.05) is 48.1 Å². The maximum atomic E-state index is 11.0. The summed E-state index contributed by atoms with van der Waals surface area (Å²) < 4.78 is 15.0. The molecular weight excluding hydrogens is 562 g/mol. The Kier molecular flexibility index (Phi) is 7.61. The molecule has 3 atom stereocenters. The molecule has 4 aliphatic heterocycles. The Bertz CT molecular complexity index is 1300. The smallest absolute Gasteiger partial charge is 0.353 e. The molecule has 4 aliphatic rings. The lowest BCUT2D eigenvalue weighted by molar-refractivity contribution is -0.561. The van der Waals surface area contributed by atoms with Crippen molar-refractivity contribution in [1.82, 2.24) is 9.80 Å². The van der Waals surface area contributed by atoms with Crippen LogP contribution >= 0.6 is 11.8 Å². The summed E-state index contributed by atoms with van der Waals surface area (Å²) in [5.74, 6) is -13.3. The van der Waals surface area contributed by atoms with Gasteiger partial charge >= 0.3 is 23.8 Å². The van der Waals surface area contributed by atoms with Crippen molar-refractivity contribution in [2.75, 3.05) is 32.8 Å². The van der Waals surface area contributed by atoms with E-state index in [1.165, 1.54) is 0 Å². The van der Waals surface area contributed by atoms with Gasteiger partial charge in [-0.3, -0.25) is 9.47 Å². The van der Waals surface area contributed by atoms with Gasteiger partial charge in [0.1, 0.15) is 5.84 Å². The summed E-state index contributed by atoms with van der Waals surface area (Å²) in [4.78, 5) is 19.0. The van der Waals surface area contributed by atoms with Crippen molar-refractivity contribution in [3.8, 4) is 0 Å². The first-order valence-corrected chi connectivity index (χ1v) is 14.0. The zero-order valence-electron chi connectivity index (χ0n) is 21.8. The zero-order valence-corrected chi connectivity index (χ0v) is 22.6. The molecule has 0 saturated carbocycles. The molecule has 6 N–H and O–H groups in total. The van der Waals surface area contributed by atoms with E-state index in [2.05, 4.69) is 9.78 Å². The van der Waals surface area contributed by atoms with E-state index < -0.39 is 30.1 Å². The number of ether oxygens (including phenoxy) is 3. The first kappa shape index (κ1) is 28.9. The van der Waals surface area contributed by atoms with Gasteiger partial charge in [-0.1, -0.05) is 42.1 Å². The third-order valence-corrected chi connectivity index (χ3v) is 8.41. The van der Waals surface area contributed by atoms with Gasteiger partial charge in [0.15, 0.2) is 6.29 Å². The lowest BCUT2D eigenvalue weighted by atomic mass is 10.1. The minimum atomic E-state index is -3.62. The minimum Gasteiger partial charge on any atom is -0.353 e. The molecule has 3 unspecified atom stereocenters. The molecule has 0 spiro atoms. The zero-order chi connectivity index (χ0) is 28.9. The van der Waals surface area contributed by atoms with Crippen LogP contribution in [0.25, 0.3) is 0 Å². The molecule has 15 heteroatoms. The fourth-order valence-electron chi connectivity index (χ4n) is 4.98. The van der Waals surface area contributed by atoms with Crippen molar-refractivity contribution in [2.24, 2.45) is 4.99 Å². The van der Waals surface area contributed by atoms with E-state index in [1.54, 1.807) is 11.8 Å². The van der Waals surface area contributed by atoms with E-state index in [4.69, 9.17) is 19.2 Å². The fourth-order valence-corrected chi connectivity index (χ4v) is 6.00. The second-order valence-corrected chi connectivity index (χ2v) is 11.1. The third-order valence-electron chi connectivity index (χ3n) is 7.27. The summed E-state index contributed by atoms with van der Waals surface area (Å²) >= 11 is 1.61. The molecule has 2 aromatic rings. The topological polar surface area (TPSA) is 186 Å². The minimum absolute atomic E-state index is 0.0355. The third kappa shape index (κ3) is 5.27. The van der Waals surface area contributed by atoms with Crippen molar-refractivity contribution in [3.63, 3.8) is 0 Å². The molecular formula is C26H31N3O11S. The maximum absolute atomic E-state index is 11.0. The first-order chi connectivity index (χ1) is 19.5. The van der Waals surface area contributed by atoms with E-state index in [0.717, 1.165) is 32.4 Å². The number of rotatable bonds is 5. The number of fused-ring (bicyclic) bond motifs is 2. The molecule has 0 aliphatic carbocycles. The van der Waals surface area contributed by atoms with Crippen LogP contribution < -0.4 is 0 Å². The number of para-hydroxylation sites is 1. The number of hydrogen-bond donors (Lipinski definition) is 6. The average molecular weight is 594 g/mol. The second-order valence-electron chi connectivity index (χ2n) is 10.1. The van der Waals surface area contributed by atoms with Crippen LogP contribution in [0.4, 0.5) is 5.69 Å². The number of nitrogens with zero attached hydrogens (tertiary/aromatic N) is 3. The number of piperazine rings is 1. The van der Waals surface area contributed by atoms with Crippen molar-refractivity contribution in [1.29, 1.82) is 0 Å². The van der Waals surface area contributed by atoms with E-state index in [1.807, 2.05) is 53.4 Å². The Labute approximate surface area is 238 Å². The molecule has 2 aromatic carbocycles. The normalized spacial score (nSPS) is 29.5. The molecule has 0 radical (unpaired) electrons. The number of benzene rings is 2. The van der Waals surface area contributed by atoms with Crippen LogP contribution in [-0.2, 0) is 24.0 Å². The summed E-state index contributed by atoms with van der Waals surface area (Å²) in [6.07, 6.45) is 0.541. The lowest BCUT2D eigenvalue weighted by Crippen LogP contribution is -2.70. The molecule has 0 amide bonds. The Morgan fingerprint density at radius 2 is 1.56 bits per heavy atom. The van der Waals surface area contributed by atoms with Gasteiger partial charge in [0.05, 0.1) is 5.69 Å². The van der Waals surface area contributed by atoms with E-state index >= 15 is 0 Å². The summed E-state index contributed by atoms with van der Waals surface area (Å²) in [5, 5.41) is 64.0. The van der Waals surface area contributed by atoms with Gasteiger partial charge in [0.25, 0.3) is 0 Å². The largest absolute Gasteiger partial charge is 0.398 e. The highest BCUT2D eigenvalue weighted by Gasteiger charge is 2.73. The van der Waals surface area contributed by atoms with Crippen LogP contribution in [0, 0.1) is 0 Å². The van der Waals surface area contributed by atoms with Gasteiger partial charge in [-0.25, -0.2) is 9.89 Å². The van der Waals surface area contributed by atoms with Crippen LogP contribution in [-0.4, -0.2) is 109 Å². The highest BCUT2D eigenvalue weighted by atomic mass is 32.2. The van der Waals surface area contributed by atoms with Crippen LogP contribution in [0.15, 0.2) is 63.3 Å². The quantitative estimate of drug-likeness (QED) is 0.200. The molecule has 41 heavy (non-hydrogen) atoms. The lowest BCUT2D eigenvalue weighted by Gasteiger charge is -2.45. The van der Waals surface area contributed by atoms with Gasteiger partial charge < -0.3 is 40.3 Å². The van der Waals surface area contributed by atoms with Crippen molar-refractivity contribution in [2.45, 2.75) is 59.2 Å². The number of aliphatic imine (C=N–C) groups is 1. The summed E-state index contributed by atoms with van der Waals surface area (Å²) in [7, 11) is 0. The molecule has 222 valence electrons. The molecule has 14 nitrogen and oxygen atoms in total. The first-order valence-electron chi connectivity index (χ1n) is 13.2. The van der Waals surface area contributed by atoms with Gasteiger partial charge in [-0.2, -0.15) is 9.78 Å². The predicted molar refractivity (Wildman–Crippen MR) is 139 cm³/mol. The van der Waals surface area contributed by atoms with Gasteiger partial charge in [-0.05, 0) is 37.5 Å². The summed E-state index contributed by atoms with van der Waals surface area (Å²) in [6.45, 7) is 0.706. The van der Waals surface area contributed by atoms with Crippen molar-refractivity contribution < 1.29 is 54.6 Å². The fraction of sp³-hybridized carbons (Fsp3) is 0.500. The Morgan fingerprint density at radius 3 is 2.29 bits per heavy atom. The predicted octanol–water partition coefficient (Wildman–Crippen LogP) is -0.0623. The maximum Gasteiger partial charge on any atom is 0.398 e. The van der Waals surface area contributed by atoms with Crippen LogP contribution in [0.3, 0.4) is 0 Å². The number of hydrogen-bond acceptors (Lipinski definition) is 15. The van der Waals surface area contributed by atoms with E-state index in [9.17, 15) is 30.6 Å². The second kappa shape index (κ2) is 10.8. The van der Waals surface area contributed by atoms with E-state index in [-0.39, 0.29) is 39.2 Å². The highest BCUT2D eigenvalue weighted by Crippen LogP contribution is 2.44. The van der Waals surface area contributed by atoms with Crippen molar-refractivity contribution in [3.05, 3.63) is 54.1 Å². The SMILES string of the molecule is OC(O)(OC1CCCCO1)C1(O)OOC(O)(C(O)(O)N2CCN(C3=Nc4ccccc4Sc4ccccc43)CC2)O1. The molecule has 4 heterocycles. The molecule has 3 saturated heterocycles. The molecule has 0 bridgehead atoms. The Morgan fingerprint density at radius 1 is 0.878 bits per heavy atom. The Hall–Kier alpha value is -2.22. The number of amidine groups is 1. The van der Waals surface area contributed by atoms with Crippen LogP contribution in [0.2, 0.25) is 0 Å². The van der Waals surface area contributed by atoms with Gasteiger partial charge in [0.2, 0.25) is 0 Å². The van der Waals surface area contributed by atoms with Crippen LogP contribution in [0.5, 0.6) is 0 Å². The molecule has 0 aromatic heterocycles. The van der Waals surface area contributed by atoms with E-state index in [0.29, 0.717) is 12.3 Å². The monoisotopic (exact) mass is 593 g/mol. The van der Waals surface area contributed by atoms with Crippen molar-refractivity contribution >= 4 is 23.3 Å². The summed E-state index contributed by atoms with van der Waals surface area (Å²) in [6, 6.07) is 15.6. The van der Waals surface area contributed by atoms with Crippen LogP contribution in [0.1, 0.15) is 24.8 Å². The highest BCUT2D eigenvalue weighted by molar-refractivity contribution is 7.99. The molecule has 3 fully saturated rings. The Balaban J connectivity index is 1.16. The van der Waals surface area contributed by atoms with Gasteiger partial charge in [-0.15, -0.1) is 0 Å². The molecule has 6 rings (SSSR count). The summed E-state index contributed by atoms with van der Waals surface area (Å²) in [5.41, 5.74) is 1.73. The average Bonchev–Trinajstić information content (AvgIpc) is 3.21. The number of aliphatic hydroxyl groups is 6.